The average Bonchev–Trinajstić information content (AvgIpc) is 3.10. The third-order valence-electron chi connectivity index (χ3n) is 6.41. The molecule has 1 saturated carbocycles. The lowest BCUT2D eigenvalue weighted by Gasteiger charge is -2.35. The lowest BCUT2D eigenvalue weighted by Crippen LogP contribution is -2.41. The fourth-order valence-electron chi connectivity index (χ4n) is 4.67. The number of carbonyl (C=O) groups excluding carboxylic acids is 2. The van der Waals surface area contributed by atoms with Crippen LogP contribution >= 0.6 is 0 Å². The first-order valence-corrected chi connectivity index (χ1v) is 9.18. The van der Waals surface area contributed by atoms with Crippen molar-refractivity contribution in [2.45, 2.75) is 39.0 Å². The molecule has 0 spiro atoms. The number of hydrogen-bond donors (Lipinski definition) is 0. The smallest absolute Gasteiger partial charge is 0.246 e. The van der Waals surface area contributed by atoms with Crippen LogP contribution in [0, 0.1) is 17.8 Å². The molecule has 5 nitrogen and oxygen atoms in total. The number of hydrazone groups is 1. The third-order valence-corrected chi connectivity index (χ3v) is 6.41. The Labute approximate surface area is 148 Å². The summed E-state index contributed by atoms with van der Waals surface area (Å²) in [6.07, 6.45) is 3.08. The van der Waals surface area contributed by atoms with Gasteiger partial charge < -0.3 is 4.90 Å². The van der Waals surface area contributed by atoms with Gasteiger partial charge in [-0.15, -0.1) is 0 Å². The van der Waals surface area contributed by atoms with Crippen molar-refractivity contribution in [1.82, 2.24) is 5.01 Å². The molecule has 5 heteroatoms. The minimum absolute atomic E-state index is 0.0236. The highest BCUT2D eigenvalue weighted by Gasteiger charge is 2.42. The second kappa shape index (κ2) is 5.68. The molecule has 0 N–H and O–H groups in total. The molecule has 1 aromatic carbocycles. The first kappa shape index (κ1) is 16.3. The van der Waals surface area contributed by atoms with Gasteiger partial charge in [0.25, 0.3) is 0 Å². The Bertz CT molecular complexity index is 785. The molecule has 1 aromatic rings. The van der Waals surface area contributed by atoms with E-state index in [2.05, 4.69) is 24.2 Å². The maximum Gasteiger partial charge on any atom is 0.246 e. The van der Waals surface area contributed by atoms with E-state index < -0.39 is 0 Å². The fourth-order valence-corrected chi connectivity index (χ4v) is 4.67. The van der Waals surface area contributed by atoms with Gasteiger partial charge in [-0.1, -0.05) is 26.3 Å². The summed E-state index contributed by atoms with van der Waals surface area (Å²) < 4.78 is 0. The molecule has 2 amide bonds. The Morgan fingerprint density at radius 1 is 1.00 bits per heavy atom. The van der Waals surface area contributed by atoms with E-state index in [1.54, 1.807) is 11.9 Å². The summed E-state index contributed by atoms with van der Waals surface area (Å²) in [5.41, 5.74) is 4.32. The highest BCUT2D eigenvalue weighted by atomic mass is 16.2. The number of fused-ring (bicyclic) bond motifs is 2. The van der Waals surface area contributed by atoms with Crippen molar-refractivity contribution in [2.24, 2.45) is 22.9 Å². The Morgan fingerprint density at radius 3 is 2.48 bits per heavy atom. The second-order valence-corrected chi connectivity index (χ2v) is 7.74. The summed E-state index contributed by atoms with van der Waals surface area (Å²) >= 11 is 0. The van der Waals surface area contributed by atoms with Crippen LogP contribution in [0.4, 0.5) is 5.69 Å². The number of amides is 2. The van der Waals surface area contributed by atoms with Crippen molar-refractivity contribution < 1.29 is 9.59 Å². The highest BCUT2D eigenvalue weighted by Crippen LogP contribution is 2.42. The molecule has 4 rings (SSSR count). The number of hydrogen-bond acceptors (Lipinski definition) is 3. The predicted octanol–water partition coefficient (Wildman–Crippen LogP) is 3.00. The zero-order chi connectivity index (χ0) is 17.9. The van der Waals surface area contributed by atoms with Crippen LogP contribution in [0.15, 0.2) is 23.3 Å². The van der Waals surface area contributed by atoms with Gasteiger partial charge in [0, 0.05) is 37.5 Å². The molecule has 0 radical (unpaired) electrons. The van der Waals surface area contributed by atoms with Crippen LogP contribution < -0.4 is 4.90 Å². The summed E-state index contributed by atoms with van der Waals surface area (Å²) in [6.45, 7) is 4.12. The SMILES string of the molecule is CC1C(=O)N(C)c2ccc(C3=NN(C)C(=O)C4CCCC34)cc2C1C. The van der Waals surface area contributed by atoms with Crippen molar-refractivity contribution in [1.29, 1.82) is 0 Å². The second-order valence-electron chi connectivity index (χ2n) is 7.74. The van der Waals surface area contributed by atoms with E-state index in [0.29, 0.717) is 0 Å². The zero-order valence-electron chi connectivity index (χ0n) is 15.3. The highest BCUT2D eigenvalue weighted by molar-refractivity contribution is 6.08. The average molecular weight is 339 g/mol. The Balaban J connectivity index is 1.79. The van der Waals surface area contributed by atoms with E-state index in [0.717, 1.165) is 36.2 Å². The molecule has 0 saturated heterocycles. The molecule has 2 aliphatic heterocycles. The molecule has 4 unspecified atom stereocenters. The van der Waals surface area contributed by atoms with E-state index in [-0.39, 0.29) is 35.5 Å². The molecule has 1 fully saturated rings. The van der Waals surface area contributed by atoms with Crippen molar-refractivity contribution in [3.05, 3.63) is 29.3 Å². The summed E-state index contributed by atoms with van der Waals surface area (Å²) in [5, 5.41) is 6.14. The third kappa shape index (κ3) is 2.32. The van der Waals surface area contributed by atoms with Crippen molar-refractivity contribution in [3.8, 4) is 0 Å². The molecule has 0 aromatic heterocycles. The van der Waals surface area contributed by atoms with Crippen molar-refractivity contribution in [2.75, 3.05) is 19.0 Å². The van der Waals surface area contributed by atoms with Crippen LogP contribution in [0.3, 0.4) is 0 Å². The molecule has 4 atom stereocenters. The lowest BCUT2D eigenvalue weighted by molar-refractivity contribution is -0.135. The van der Waals surface area contributed by atoms with Gasteiger partial charge in [0.05, 0.1) is 5.71 Å². The minimum atomic E-state index is -0.0236. The summed E-state index contributed by atoms with van der Waals surface area (Å²) in [4.78, 5) is 26.5. The zero-order valence-corrected chi connectivity index (χ0v) is 15.3. The maximum atomic E-state index is 12.4. The van der Waals surface area contributed by atoms with Gasteiger partial charge in [-0.25, -0.2) is 5.01 Å². The van der Waals surface area contributed by atoms with Crippen LogP contribution in [-0.4, -0.2) is 36.6 Å². The molecule has 2 heterocycles. The number of benzene rings is 1. The van der Waals surface area contributed by atoms with E-state index >= 15 is 0 Å². The molecule has 0 bridgehead atoms. The fraction of sp³-hybridized carbons (Fsp3) is 0.550. The van der Waals surface area contributed by atoms with Gasteiger partial charge in [-0.05, 0) is 42.0 Å². The molecular weight excluding hydrogens is 314 g/mol. The first-order valence-electron chi connectivity index (χ1n) is 9.18. The first-order chi connectivity index (χ1) is 11.9. The number of rotatable bonds is 1. The Kier molecular flexibility index (Phi) is 3.71. The van der Waals surface area contributed by atoms with E-state index in [1.165, 1.54) is 10.6 Å². The van der Waals surface area contributed by atoms with Gasteiger partial charge in [0.15, 0.2) is 0 Å². The van der Waals surface area contributed by atoms with Gasteiger partial charge in [-0.2, -0.15) is 5.10 Å². The van der Waals surface area contributed by atoms with Gasteiger partial charge in [0.2, 0.25) is 11.8 Å². The minimum Gasteiger partial charge on any atom is -0.315 e. The largest absolute Gasteiger partial charge is 0.315 e. The topological polar surface area (TPSA) is 53.0 Å². The van der Waals surface area contributed by atoms with Crippen molar-refractivity contribution >= 4 is 23.2 Å². The van der Waals surface area contributed by atoms with E-state index in [9.17, 15) is 9.59 Å². The van der Waals surface area contributed by atoms with E-state index in [4.69, 9.17) is 0 Å². The molecular formula is C20H25N3O2. The summed E-state index contributed by atoms with van der Waals surface area (Å²) in [7, 11) is 3.60. The number of anilines is 1. The van der Waals surface area contributed by atoms with Crippen LogP contribution in [0.1, 0.15) is 50.2 Å². The summed E-state index contributed by atoms with van der Waals surface area (Å²) in [5.74, 6) is 0.790. The molecule has 132 valence electrons. The predicted molar refractivity (Wildman–Crippen MR) is 97.6 cm³/mol. The maximum absolute atomic E-state index is 12.4. The quantitative estimate of drug-likeness (QED) is 0.790. The van der Waals surface area contributed by atoms with Gasteiger partial charge >= 0.3 is 0 Å². The van der Waals surface area contributed by atoms with Crippen LogP contribution in [0.25, 0.3) is 0 Å². The normalized spacial score (nSPS) is 31.8. The van der Waals surface area contributed by atoms with E-state index in [1.807, 2.05) is 20.0 Å². The van der Waals surface area contributed by atoms with Crippen LogP contribution in [0.5, 0.6) is 0 Å². The van der Waals surface area contributed by atoms with Crippen LogP contribution in [-0.2, 0) is 9.59 Å². The van der Waals surface area contributed by atoms with Gasteiger partial charge in [0.1, 0.15) is 0 Å². The molecule has 25 heavy (non-hydrogen) atoms. The standard InChI is InChI=1S/C20H25N3O2/c1-11-12(2)19(24)22(3)17-9-8-13(10-16(11)17)18-14-6-5-7-15(14)20(25)23(4)21-18/h8-12,14-15H,5-7H2,1-4H3. The monoisotopic (exact) mass is 339 g/mol. The Hall–Kier alpha value is -2.17. The lowest BCUT2D eigenvalue weighted by atomic mass is 9.80. The van der Waals surface area contributed by atoms with Gasteiger partial charge in [-0.3, -0.25) is 9.59 Å². The number of carbonyl (C=O) groups is 2. The molecule has 1 aliphatic carbocycles. The number of nitrogens with zero attached hydrogens (tertiary/aromatic N) is 3. The van der Waals surface area contributed by atoms with Crippen molar-refractivity contribution in [3.63, 3.8) is 0 Å². The van der Waals surface area contributed by atoms with Crippen LogP contribution in [0.2, 0.25) is 0 Å². The summed E-state index contributed by atoms with van der Waals surface area (Å²) in [6, 6.07) is 6.29. The Morgan fingerprint density at radius 2 is 1.72 bits per heavy atom. The molecule has 3 aliphatic rings.